The van der Waals surface area contributed by atoms with Crippen molar-refractivity contribution < 1.29 is 9.21 Å². The number of amides is 1. The van der Waals surface area contributed by atoms with E-state index in [9.17, 15) is 4.79 Å². The minimum atomic E-state index is 0.228. The molecule has 126 valence electrons. The fourth-order valence-electron chi connectivity index (χ4n) is 2.92. The first-order valence-electron chi connectivity index (χ1n) is 8.55. The highest BCUT2D eigenvalue weighted by atomic mass is 16.3. The van der Waals surface area contributed by atoms with Crippen molar-refractivity contribution in [2.75, 3.05) is 32.7 Å². The van der Waals surface area contributed by atoms with Crippen molar-refractivity contribution in [2.45, 2.75) is 12.8 Å². The second-order valence-corrected chi connectivity index (χ2v) is 6.07. The number of hydrogen-bond acceptors (Lipinski definition) is 3. The molecule has 1 aromatic carbocycles. The number of carbonyl (C=O) groups is 1. The Balaban J connectivity index is 1.37. The molecule has 1 fully saturated rings. The predicted molar refractivity (Wildman–Crippen MR) is 95.5 cm³/mol. The third kappa shape index (κ3) is 4.83. The van der Waals surface area contributed by atoms with Gasteiger partial charge in [-0.2, -0.15) is 0 Å². The number of piperazine rings is 1. The van der Waals surface area contributed by atoms with E-state index in [1.807, 2.05) is 35.2 Å². The number of nitrogens with zero attached hydrogens (tertiary/aromatic N) is 2. The minimum Gasteiger partial charge on any atom is -0.469 e. The number of furan rings is 1. The number of rotatable bonds is 6. The molecule has 0 radical (unpaired) electrons. The molecule has 2 aromatic rings. The van der Waals surface area contributed by atoms with Crippen LogP contribution in [0.2, 0.25) is 0 Å². The summed E-state index contributed by atoms with van der Waals surface area (Å²) in [5.74, 6) is 1.11. The number of carbonyl (C=O) groups excluding carboxylic acids is 1. The van der Waals surface area contributed by atoms with Crippen molar-refractivity contribution in [1.82, 2.24) is 9.80 Å². The normalized spacial score (nSPS) is 15.9. The fraction of sp³-hybridized carbons (Fsp3) is 0.350. The van der Waals surface area contributed by atoms with Crippen LogP contribution in [0.15, 0.2) is 59.2 Å². The van der Waals surface area contributed by atoms with Crippen LogP contribution in [0.5, 0.6) is 0 Å². The zero-order chi connectivity index (χ0) is 16.6. The Kier molecular flexibility index (Phi) is 5.85. The van der Waals surface area contributed by atoms with Crippen LogP contribution in [0.4, 0.5) is 0 Å². The second kappa shape index (κ2) is 8.50. The molecule has 1 aliphatic heterocycles. The zero-order valence-electron chi connectivity index (χ0n) is 13.9. The predicted octanol–water partition coefficient (Wildman–Crippen LogP) is 3.07. The van der Waals surface area contributed by atoms with E-state index < -0.39 is 0 Å². The molecule has 1 amide bonds. The number of hydrogen-bond donors (Lipinski definition) is 0. The van der Waals surface area contributed by atoms with Gasteiger partial charge in [-0.3, -0.25) is 9.69 Å². The van der Waals surface area contributed by atoms with Crippen molar-refractivity contribution >= 4 is 12.0 Å². The van der Waals surface area contributed by atoms with E-state index in [1.165, 1.54) is 5.56 Å². The standard InChI is InChI=1S/C20H24N2O2/c23-20(11-10-19-9-5-17-24-19)22-15-13-21(14-16-22)12-4-8-18-6-2-1-3-7-18/h1-9,17H,10-16H2. The largest absolute Gasteiger partial charge is 0.469 e. The summed E-state index contributed by atoms with van der Waals surface area (Å²) in [6, 6.07) is 14.1. The van der Waals surface area contributed by atoms with E-state index in [2.05, 4.69) is 29.2 Å². The highest BCUT2D eigenvalue weighted by Gasteiger charge is 2.20. The Bertz CT molecular complexity index is 642. The van der Waals surface area contributed by atoms with Crippen LogP contribution in [0, 0.1) is 0 Å². The Morgan fingerprint density at radius 2 is 1.83 bits per heavy atom. The SMILES string of the molecule is O=C(CCc1ccco1)N1CCN(CC=Cc2ccccc2)CC1. The summed E-state index contributed by atoms with van der Waals surface area (Å²) in [6.45, 7) is 4.44. The first-order valence-corrected chi connectivity index (χ1v) is 8.55. The molecule has 1 saturated heterocycles. The zero-order valence-corrected chi connectivity index (χ0v) is 13.9. The Hall–Kier alpha value is -2.33. The molecule has 3 rings (SSSR count). The topological polar surface area (TPSA) is 36.7 Å². The van der Waals surface area contributed by atoms with Crippen LogP contribution in [-0.4, -0.2) is 48.4 Å². The Morgan fingerprint density at radius 1 is 1.04 bits per heavy atom. The quantitative estimate of drug-likeness (QED) is 0.819. The molecule has 0 spiro atoms. The smallest absolute Gasteiger partial charge is 0.223 e. The molecule has 1 aliphatic rings. The van der Waals surface area contributed by atoms with Gasteiger partial charge >= 0.3 is 0 Å². The van der Waals surface area contributed by atoms with Gasteiger partial charge in [0, 0.05) is 45.6 Å². The molecular weight excluding hydrogens is 300 g/mol. The average molecular weight is 324 g/mol. The van der Waals surface area contributed by atoms with Crippen LogP contribution in [0.25, 0.3) is 6.08 Å². The molecule has 24 heavy (non-hydrogen) atoms. The lowest BCUT2D eigenvalue weighted by Gasteiger charge is -2.34. The number of benzene rings is 1. The van der Waals surface area contributed by atoms with Crippen molar-refractivity contribution in [3.8, 4) is 0 Å². The van der Waals surface area contributed by atoms with Gasteiger partial charge in [0.25, 0.3) is 0 Å². The third-order valence-corrected chi connectivity index (χ3v) is 4.36. The molecule has 4 nitrogen and oxygen atoms in total. The summed E-state index contributed by atoms with van der Waals surface area (Å²) >= 11 is 0. The van der Waals surface area contributed by atoms with Crippen molar-refractivity contribution in [1.29, 1.82) is 0 Å². The van der Waals surface area contributed by atoms with Crippen LogP contribution in [0.1, 0.15) is 17.7 Å². The Labute approximate surface area is 143 Å². The molecule has 0 unspecified atom stereocenters. The van der Waals surface area contributed by atoms with Crippen LogP contribution < -0.4 is 0 Å². The molecule has 0 atom stereocenters. The number of aryl methyl sites for hydroxylation is 1. The Morgan fingerprint density at radius 3 is 2.54 bits per heavy atom. The van der Waals surface area contributed by atoms with Crippen LogP contribution in [0.3, 0.4) is 0 Å². The molecule has 0 N–H and O–H groups in total. The monoisotopic (exact) mass is 324 g/mol. The van der Waals surface area contributed by atoms with Crippen molar-refractivity contribution in [2.24, 2.45) is 0 Å². The van der Waals surface area contributed by atoms with Crippen LogP contribution >= 0.6 is 0 Å². The summed E-state index contributed by atoms with van der Waals surface area (Å²) in [4.78, 5) is 16.6. The van der Waals surface area contributed by atoms with E-state index in [1.54, 1.807) is 6.26 Å². The van der Waals surface area contributed by atoms with E-state index in [0.717, 1.165) is 38.5 Å². The summed E-state index contributed by atoms with van der Waals surface area (Å²) < 4.78 is 5.28. The van der Waals surface area contributed by atoms with Gasteiger partial charge in [0.05, 0.1) is 6.26 Å². The summed E-state index contributed by atoms with van der Waals surface area (Å²) in [5, 5.41) is 0. The van der Waals surface area contributed by atoms with Gasteiger partial charge in [0.2, 0.25) is 5.91 Å². The molecule has 0 bridgehead atoms. The van der Waals surface area contributed by atoms with Gasteiger partial charge in [0.15, 0.2) is 0 Å². The maximum atomic E-state index is 12.3. The van der Waals surface area contributed by atoms with Gasteiger partial charge in [-0.05, 0) is 17.7 Å². The highest BCUT2D eigenvalue weighted by Crippen LogP contribution is 2.09. The van der Waals surface area contributed by atoms with Gasteiger partial charge < -0.3 is 9.32 Å². The van der Waals surface area contributed by atoms with Crippen LogP contribution in [-0.2, 0) is 11.2 Å². The second-order valence-electron chi connectivity index (χ2n) is 6.07. The maximum absolute atomic E-state index is 12.3. The third-order valence-electron chi connectivity index (χ3n) is 4.36. The minimum absolute atomic E-state index is 0.228. The average Bonchev–Trinajstić information content (AvgIpc) is 3.15. The first kappa shape index (κ1) is 16.5. The van der Waals surface area contributed by atoms with Gasteiger partial charge in [-0.15, -0.1) is 0 Å². The molecule has 2 heterocycles. The fourth-order valence-corrected chi connectivity index (χ4v) is 2.92. The lowest BCUT2D eigenvalue weighted by molar-refractivity contribution is -0.132. The van der Waals surface area contributed by atoms with Gasteiger partial charge in [-0.1, -0.05) is 42.5 Å². The van der Waals surface area contributed by atoms with E-state index >= 15 is 0 Å². The first-order chi connectivity index (χ1) is 11.8. The highest BCUT2D eigenvalue weighted by molar-refractivity contribution is 5.76. The molecular formula is C20H24N2O2. The van der Waals surface area contributed by atoms with Gasteiger partial charge in [-0.25, -0.2) is 0 Å². The lowest BCUT2D eigenvalue weighted by atomic mass is 10.2. The molecule has 4 heteroatoms. The van der Waals surface area contributed by atoms with Gasteiger partial charge in [0.1, 0.15) is 5.76 Å². The van der Waals surface area contributed by atoms with Crippen molar-refractivity contribution in [3.63, 3.8) is 0 Å². The summed E-state index contributed by atoms with van der Waals surface area (Å²) in [7, 11) is 0. The summed E-state index contributed by atoms with van der Waals surface area (Å²) in [6.07, 6.45) is 7.22. The van der Waals surface area contributed by atoms with E-state index in [-0.39, 0.29) is 5.91 Å². The van der Waals surface area contributed by atoms with E-state index in [4.69, 9.17) is 4.42 Å². The summed E-state index contributed by atoms with van der Waals surface area (Å²) in [5.41, 5.74) is 1.23. The molecule has 1 aromatic heterocycles. The maximum Gasteiger partial charge on any atom is 0.223 e. The van der Waals surface area contributed by atoms with Crippen molar-refractivity contribution in [3.05, 3.63) is 66.1 Å². The van der Waals surface area contributed by atoms with E-state index in [0.29, 0.717) is 12.8 Å². The lowest BCUT2D eigenvalue weighted by Crippen LogP contribution is -2.48. The molecule has 0 saturated carbocycles. The molecule has 0 aliphatic carbocycles.